The van der Waals surface area contributed by atoms with E-state index in [9.17, 15) is 17.6 Å². The summed E-state index contributed by atoms with van der Waals surface area (Å²) < 4.78 is 45.7. The van der Waals surface area contributed by atoms with E-state index in [0.717, 1.165) is 16.4 Å². The molecule has 2 aromatic carbocycles. The normalized spacial score (nSPS) is 11.2. The fourth-order valence-electron chi connectivity index (χ4n) is 2.46. The van der Waals surface area contributed by atoms with Gasteiger partial charge in [-0.05, 0) is 42.5 Å². The Hall–Kier alpha value is -2.84. The zero-order chi connectivity index (χ0) is 20.1. The molecule has 0 saturated carbocycles. The summed E-state index contributed by atoms with van der Waals surface area (Å²) in [7, 11) is -4.08. The molecule has 1 heterocycles. The van der Waals surface area contributed by atoms with Gasteiger partial charge in [-0.15, -0.1) is 0 Å². The molecule has 28 heavy (non-hydrogen) atoms. The molecule has 0 atom stereocenters. The molecule has 0 saturated heterocycles. The molecule has 0 bridgehead atoms. The lowest BCUT2D eigenvalue weighted by Crippen LogP contribution is -2.40. The number of anilines is 1. The molecule has 0 radical (unpaired) electrons. The Morgan fingerprint density at radius 2 is 1.86 bits per heavy atom. The fraction of sp³-hybridized carbons (Fsp3) is 0.105. The van der Waals surface area contributed by atoms with E-state index in [-0.39, 0.29) is 22.2 Å². The summed E-state index contributed by atoms with van der Waals surface area (Å²) in [5.74, 6) is -0.725. The Labute approximate surface area is 166 Å². The summed E-state index contributed by atoms with van der Waals surface area (Å²) >= 11 is 5.81. The number of nitrogens with one attached hydrogen (secondary N) is 1. The van der Waals surface area contributed by atoms with Gasteiger partial charge in [0.1, 0.15) is 18.1 Å². The average Bonchev–Trinajstić information content (AvgIpc) is 3.21. The molecular weight excluding hydrogens is 407 g/mol. The molecule has 1 aromatic heterocycles. The fourth-order valence-corrected chi connectivity index (χ4v) is 4.07. The van der Waals surface area contributed by atoms with Crippen LogP contribution in [-0.2, 0) is 21.4 Å². The van der Waals surface area contributed by atoms with Gasteiger partial charge in [0.25, 0.3) is 10.0 Å². The van der Waals surface area contributed by atoms with Crippen LogP contribution in [0.15, 0.2) is 76.2 Å². The third-order valence-corrected chi connectivity index (χ3v) is 5.93. The van der Waals surface area contributed by atoms with E-state index in [1.54, 1.807) is 30.3 Å². The molecule has 3 rings (SSSR count). The van der Waals surface area contributed by atoms with Crippen molar-refractivity contribution in [3.8, 4) is 0 Å². The third kappa shape index (κ3) is 4.52. The minimum atomic E-state index is -4.08. The number of rotatable bonds is 7. The van der Waals surface area contributed by atoms with Gasteiger partial charge < -0.3 is 9.73 Å². The lowest BCUT2D eigenvalue weighted by molar-refractivity contribution is -0.119. The summed E-state index contributed by atoms with van der Waals surface area (Å²) in [6.07, 6.45) is 1.47. The SMILES string of the molecule is O=C(CN(c1ccc(F)c(Cl)c1)S(=O)(=O)c1ccccc1)NCc1ccco1. The van der Waals surface area contributed by atoms with Gasteiger partial charge >= 0.3 is 0 Å². The topological polar surface area (TPSA) is 79.6 Å². The van der Waals surface area contributed by atoms with Gasteiger partial charge in [-0.3, -0.25) is 9.10 Å². The van der Waals surface area contributed by atoms with Gasteiger partial charge in [-0.25, -0.2) is 12.8 Å². The quantitative estimate of drug-likeness (QED) is 0.631. The first-order valence-electron chi connectivity index (χ1n) is 8.20. The van der Waals surface area contributed by atoms with Crippen molar-refractivity contribution in [2.45, 2.75) is 11.4 Å². The van der Waals surface area contributed by atoms with Crippen LogP contribution in [0, 0.1) is 5.82 Å². The monoisotopic (exact) mass is 422 g/mol. The molecule has 0 unspecified atom stereocenters. The molecule has 0 aliphatic heterocycles. The first-order chi connectivity index (χ1) is 13.4. The van der Waals surface area contributed by atoms with E-state index < -0.39 is 28.3 Å². The Bertz CT molecular complexity index is 1060. The van der Waals surface area contributed by atoms with Crippen LogP contribution in [0.25, 0.3) is 0 Å². The summed E-state index contributed by atoms with van der Waals surface area (Å²) in [6.45, 7) is -0.408. The van der Waals surface area contributed by atoms with Crippen molar-refractivity contribution in [1.82, 2.24) is 5.32 Å². The molecule has 146 valence electrons. The summed E-state index contributed by atoms with van der Waals surface area (Å²) in [5.41, 5.74) is 0.0726. The maximum atomic E-state index is 13.5. The Morgan fingerprint density at radius 3 is 2.50 bits per heavy atom. The number of sulfonamides is 1. The van der Waals surface area contributed by atoms with Crippen LogP contribution in [0.5, 0.6) is 0 Å². The molecule has 9 heteroatoms. The number of halogens is 2. The minimum Gasteiger partial charge on any atom is -0.467 e. The van der Waals surface area contributed by atoms with Gasteiger partial charge in [-0.1, -0.05) is 29.8 Å². The van der Waals surface area contributed by atoms with Crippen LogP contribution in [0.4, 0.5) is 10.1 Å². The molecule has 1 N–H and O–H groups in total. The lowest BCUT2D eigenvalue weighted by Gasteiger charge is -2.24. The van der Waals surface area contributed by atoms with Crippen molar-refractivity contribution in [3.63, 3.8) is 0 Å². The lowest BCUT2D eigenvalue weighted by atomic mass is 10.3. The maximum Gasteiger partial charge on any atom is 0.264 e. The van der Waals surface area contributed by atoms with Crippen LogP contribution >= 0.6 is 11.6 Å². The number of carbonyl (C=O) groups excluding carboxylic acids is 1. The summed E-state index contributed by atoms with van der Waals surface area (Å²) in [5, 5.41) is 2.34. The van der Waals surface area contributed by atoms with Gasteiger partial charge in [0, 0.05) is 0 Å². The van der Waals surface area contributed by atoms with Crippen LogP contribution in [0.2, 0.25) is 5.02 Å². The molecule has 3 aromatic rings. The number of hydrogen-bond donors (Lipinski definition) is 1. The number of furan rings is 1. The number of benzene rings is 2. The van der Waals surface area contributed by atoms with Crippen molar-refractivity contribution in [2.75, 3.05) is 10.8 Å². The Morgan fingerprint density at radius 1 is 1.11 bits per heavy atom. The molecule has 6 nitrogen and oxygen atoms in total. The van der Waals surface area contributed by atoms with Crippen molar-refractivity contribution in [3.05, 3.63) is 83.5 Å². The van der Waals surface area contributed by atoms with Gasteiger partial charge in [0.05, 0.1) is 28.4 Å². The van der Waals surface area contributed by atoms with E-state index in [0.29, 0.717) is 5.76 Å². The number of carbonyl (C=O) groups is 1. The number of hydrogen-bond acceptors (Lipinski definition) is 4. The third-order valence-electron chi connectivity index (χ3n) is 3.85. The van der Waals surface area contributed by atoms with E-state index in [1.807, 2.05) is 0 Å². The standard InChI is InChI=1S/C19H16ClFN2O4S/c20-17-11-14(8-9-18(17)21)23(28(25,26)16-6-2-1-3-7-16)13-19(24)22-12-15-5-4-10-27-15/h1-11H,12-13H2,(H,22,24). The second-order valence-electron chi connectivity index (χ2n) is 5.78. The second-order valence-corrected chi connectivity index (χ2v) is 8.05. The minimum absolute atomic E-state index is 0.00529. The molecular formula is C19H16ClFN2O4S. The molecule has 0 aliphatic carbocycles. The predicted octanol–water partition coefficient (Wildman–Crippen LogP) is 3.58. The Kier molecular flexibility index (Phi) is 6.01. The molecule has 0 aliphatic rings. The van der Waals surface area contributed by atoms with E-state index in [1.165, 1.54) is 24.5 Å². The molecule has 1 amide bonds. The van der Waals surface area contributed by atoms with Crippen molar-refractivity contribution in [2.24, 2.45) is 0 Å². The zero-order valence-corrected chi connectivity index (χ0v) is 16.1. The maximum absolute atomic E-state index is 13.5. The number of amides is 1. The van der Waals surface area contributed by atoms with E-state index in [2.05, 4.69) is 5.32 Å². The predicted molar refractivity (Wildman–Crippen MR) is 103 cm³/mol. The van der Waals surface area contributed by atoms with Crippen molar-refractivity contribution < 1.29 is 22.0 Å². The molecule has 0 fully saturated rings. The largest absolute Gasteiger partial charge is 0.467 e. The smallest absolute Gasteiger partial charge is 0.264 e. The van der Waals surface area contributed by atoms with Crippen molar-refractivity contribution >= 4 is 33.2 Å². The highest BCUT2D eigenvalue weighted by atomic mass is 35.5. The van der Waals surface area contributed by atoms with Gasteiger partial charge in [0.15, 0.2) is 0 Å². The van der Waals surface area contributed by atoms with Crippen molar-refractivity contribution in [1.29, 1.82) is 0 Å². The summed E-state index contributed by atoms with van der Waals surface area (Å²) in [4.78, 5) is 12.4. The first kappa shape index (κ1) is 19.9. The highest BCUT2D eigenvalue weighted by Gasteiger charge is 2.27. The van der Waals surface area contributed by atoms with E-state index >= 15 is 0 Å². The van der Waals surface area contributed by atoms with Crippen LogP contribution in [-0.4, -0.2) is 20.9 Å². The van der Waals surface area contributed by atoms with E-state index in [4.69, 9.17) is 16.0 Å². The molecule has 0 spiro atoms. The summed E-state index contributed by atoms with van der Waals surface area (Å²) in [6, 6.07) is 14.5. The highest BCUT2D eigenvalue weighted by Crippen LogP contribution is 2.27. The van der Waals surface area contributed by atoms with Gasteiger partial charge in [-0.2, -0.15) is 0 Å². The Balaban J connectivity index is 1.90. The zero-order valence-electron chi connectivity index (χ0n) is 14.5. The van der Waals surface area contributed by atoms with Crippen LogP contribution < -0.4 is 9.62 Å². The average molecular weight is 423 g/mol. The highest BCUT2D eigenvalue weighted by molar-refractivity contribution is 7.92. The first-order valence-corrected chi connectivity index (χ1v) is 10.0. The number of nitrogens with zero attached hydrogens (tertiary/aromatic N) is 1. The van der Waals surface area contributed by atoms with Crippen LogP contribution in [0.3, 0.4) is 0 Å². The van der Waals surface area contributed by atoms with Gasteiger partial charge in [0.2, 0.25) is 5.91 Å². The second kappa shape index (κ2) is 8.45. The van der Waals surface area contributed by atoms with Crippen LogP contribution in [0.1, 0.15) is 5.76 Å².